The molecule has 0 atom stereocenters. The van der Waals surface area contributed by atoms with Crippen molar-refractivity contribution in [3.63, 3.8) is 0 Å². The van der Waals surface area contributed by atoms with Crippen LogP contribution in [0.3, 0.4) is 0 Å². The van der Waals surface area contributed by atoms with Crippen LogP contribution in [0.2, 0.25) is 0 Å². The highest BCUT2D eigenvalue weighted by Gasteiger charge is 2.15. The first-order valence-electron chi connectivity index (χ1n) is 7.80. The lowest BCUT2D eigenvalue weighted by atomic mass is 9.96. The smallest absolute Gasteiger partial charge is 0.220 e. The predicted octanol–water partition coefficient (Wildman–Crippen LogP) is 3.30. The second kappa shape index (κ2) is 8.13. The molecule has 3 nitrogen and oxygen atoms in total. The van der Waals surface area contributed by atoms with Crippen LogP contribution in [0.25, 0.3) is 0 Å². The summed E-state index contributed by atoms with van der Waals surface area (Å²) in [5.41, 5.74) is 7.50. The van der Waals surface area contributed by atoms with Crippen molar-refractivity contribution in [3.05, 3.63) is 35.4 Å². The zero-order valence-corrected chi connectivity index (χ0v) is 13.3. The van der Waals surface area contributed by atoms with Crippen LogP contribution in [0.4, 0.5) is 0 Å². The van der Waals surface area contributed by atoms with E-state index in [-0.39, 0.29) is 5.91 Å². The molecule has 21 heavy (non-hydrogen) atoms. The van der Waals surface area contributed by atoms with Crippen LogP contribution < -0.4 is 11.1 Å². The van der Waals surface area contributed by atoms with E-state index in [9.17, 15) is 4.79 Å². The molecule has 4 heteroatoms. The van der Waals surface area contributed by atoms with Crippen molar-refractivity contribution in [1.29, 1.82) is 0 Å². The van der Waals surface area contributed by atoms with Crippen LogP contribution >= 0.6 is 12.2 Å². The predicted molar refractivity (Wildman–Crippen MR) is 90.0 cm³/mol. The number of carbonyl (C=O) groups is 1. The van der Waals surface area contributed by atoms with E-state index in [1.807, 2.05) is 24.3 Å². The Kier molecular flexibility index (Phi) is 6.18. The molecule has 0 heterocycles. The van der Waals surface area contributed by atoms with E-state index in [1.54, 1.807) is 0 Å². The Morgan fingerprint density at radius 1 is 1.14 bits per heavy atom. The fourth-order valence-electron chi connectivity index (χ4n) is 2.89. The monoisotopic (exact) mass is 304 g/mol. The molecule has 1 aromatic rings. The quantitative estimate of drug-likeness (QED) is 0.648. The van der Waals surface area contributed by atoms with Crippen molar-refractivity contribution in [3.8, 4) is 0 Å². The summed E-state index contributed by atoms with van der Waals surface area (Å²) < 4.78 is 0. The van der Waals surface area contributed by atoms with Crippen LogP contribution in [0.15, 0.2) is 24.3 Å². The Morgan fingerprint density at radius 3 is 2.33 bits per heavy atom. The fourth-order valence-corrected chi connectivity index (χ4v) is 3.03. The van der Waals surface area contributed by atoms with E-state index in [4.69, 9.17) is 18.0 Å². The summed E-state index contributed by atoms with van der Waals surface area (Å²) in [5, 5.41) is 3.01. The average Bonchev–Trinajstić information content (AvgIpc) is 2.74. The van der Waals surface area contributed by atoms with Crippen molar-refractivity contribution in [1.82, 2.24) is 5.32 Å². The van der Waals surface area contributed by atoms with E-state index >= 15 is 0 Å². The third-order valence-corrected chi connectivity index (χ3v) is 4.41. The molecule has 2 rings (SSSR count). The van der Waals surface area contributed by atoms with Gasteiger partial charge in [-0.15, -0.1) is 0 Å². The van der Waals surface area contributed by atoms with Crippen LogP contribution in [0, 0.1) is 5.92 Å². The Hall–Kier alpha value is -1.42. The summed E-state index contributed by atoms with van der Waals surface area (Å²) in [4.78, 5) is 12.4. The SMILES string of the molecule is NC(=S)c1ccc(CNC(=O)CC2CCCCCC2)cc1. The van der Waals surface area contributed by atoms with Gasteiger partial charge in [0.05, 0.1) is 0 Å². The number of carbonyl (C=O) groups excluding carboxylic acids is 1. The maximum Gasteiger partial charge on any atom is 0.220 e. The van der Waals surface area contributed by atoms with Gasteiger partial charge in [0.25, 0.3) is 0 Å². The van der Waals surface area contributed by atoms with Gasteiger partial charge in [-0.1, -0.05) is 62.2 Å². The van der Waals surface area contributed by atoms with Crippen LogP contribution in [-0.2, 0) is 11.3 Å². The molecule has 0 unspecified atom stereocenters. The Morgan fingerprint density at radius 2 is 1.76 bits per heavy atom. The van der Waals surface area contributed by atoms with Gasteiger partial charge in [0.15, 0.2) is 0 Å². The first kappa shape index (κ1) is 16.0. The topological polar surface area (TPSA) is 55.1 Å². The number of benzene rings is 1. The van der Waals surface area contributed by atoms with E-state index in [1.165, 1.54) is 38.5 Å². The fraction of sp³-hybridized carbons (Fsp3) is 0.529. The van der Waals surface area contributed by atoms with Crippen molar-refractivity contribution in [2.45, 2.75) is 51.5 Å². The van der Waals surface area contributed by atoms with Crippen molar-refractivity contribution >= 4 is 23.1 Å². The Balaban J connectivity index is 1.76. The van der Waals surface area contributed by atoms with E-state index in [2.05, 4.69) is 5.32 Å². The Bertz CT molecular complexity index is 476. The lowest BCUT2D eigenvalue weighted by Crippen LogP contribution is -2.25. The van der Waals surface area contributed by atoms with Crippen molar-refractivity contribution in [2.24, 2.45) is 11.7 Å². The summed E-state index contributed by atoms with van der Waals surface area (Å²) in [6.07, 6.45) is 8.29. The second-order valence-corrected chi connectivity index (χ2v) is 6.34. The lowest BCUT2D eigenvalue weighted by Gasteiger charge is -2.13. The zero-order valence-electron chi connectivity index (χ0n) is 12.4. The highest BCUT2D eigenvalue weighted by Crippen LogP contribution is 2.25. The molecule has 0 radical (unpaired) electrons. The summed E-state index contributed by atoms with van der Waals surface area (Å²) in [6.45, 7) is 0.573. The lowest BCUT2D eigenvalue weighted by molar-refractivity contribution is -0.122. The summed E-state index contributed by atoms with van der Waals surface area (Å²) in [7, 11) is 0. The summed E-state index contributed by atoms with van der Waals surface area (Å²) >= 11 is 4.92. The molecule has 1 saturated carbocycles. The molecule has 1 aliphatic rings. The maximum absolute atomic E-state index is 12.0. The van der Waals surface area contributed by atoms with E-state index in [0.717, 1.165) is 11.1 Å². The van der Waals surface area contributed by atoms with Gasteiger partial charge in [-0.05, 0) is 24.3 Å². The number of nitrogens with two attached hydrogens (primary N) is 1. The van der Waals surface area contributed by atoms with Crippen LogP contribution in [-0.4, -0.2) is 10.9 Å². The van der Waals surface area contributed by atoms with E-state index in [0.29, 0.717) is 23.9 Å². The average molecular weight is 304 g/mol. The number of hydrogen-bond acceptors (Lipinski definition) is 2. The Labute approximate surface area is 132 Å². The molecule has 3 N–H and O–H groups in total. The van der Waals surface area contributed by atoms with Gasteiger partial charge >= 0.3 is 0 Å². The standard InChI is InChI=1S/C17H24N2OS/c18-17(21)15-9-7-14(8-10-15)12-19-16(20)11-13-5-3-1-2-4-6-13/h7-10,13H,1-6,11-12H2,(H2,18,21)(H,19,20). The first-order chi connectivity index (χ1) is 10.1. The van der Waals surface area contributed by atoms with Crippen LogP contribution in [0.1, 0.15) is 56.1 Å². The number of thiocarbonyl (C=S) groups is 1. The normalized spacial score (nSPS) is 16.2. The minimum atomic E-state index is 0.167. The minimum Gasteiger partial charge on any atom is -0.389 e. The molecular weight excluding hydrogens is 280 g/mol. The molecule has 114 valence electrons. The molecule has 0 spiro atoms. The summed E-state index contributed by atoms with van der Waals surface area (Å²) in [5.74, 6) is 0.741. The third kappa shape index (κ3) is 5.46. The highest BCUT2D eigenvalue weighted by molar-refractivity contribution is 7.80. The largest absolute Gasteiger partial charge is 0.389 e. The third-order valence-electron chi connectivity index (χ3n) is 4.18. The van der Waals surface area contributed by atoms with Crippen molar-refractivity contribution in [2.75, 3.05) is 0 Å². The minimum absolute atomic E-state index is 0.167. The maximum atomic E-state index is 12.0. The highest BCUT2D eigenvalue weighted by atomic mass is 32.1. The molecule has 1 aromatic carbocycles. The van der Waals surface area contributed by atoms with Gasteiger partial charge in [-0.25, -0.2) is 0 Å². The first-order valence-corrected chi connectivity index (χ1v) is 8.21. The number of amides is 1. The van der Waals surface area contributed by atoms with Gasteiger partial charge in [0.2, 0.25) is 5.91 Å². The molecule has 0 aliphatic heterocycles. The van der Waals surface area contributed by atoms with Gasteiger partial charge < -0.3 is 11.1 Å². The molecule has 0 bridgehead atoms. The van der Waals surface area contributed by atoms with Crippen LogP contribution in [0.5, 0.6) is 0 Å². The molecule has 0 saturated heterocycles. The van der Waals surface area contributed by atoms with Gasteiger partial charge in [0.1, 0.15) is 4.99 Å². The molecule has 1 amide bonds. The number of rotatable bonds is 5. The molecular formula is C17H24N2OS. The number of nitrogens with one attached hydrogen (secondary N) is 1. The summed E-state index contributed by atoms with van der Waals surface area (Å²) in [6, 6.07) is 7.71. The van der Waals surface area contributed by atoms with E-state index < -0.39 is 0 Å². The number of hydrogen-bond donors (Lipinski definition) is 2. The van der Waals surface area contributed by atoms with Gasteiger partial charge in [-0.3, -0.25) is 4.79 Å². The van der Waals surface area contributed by atoms with Crippen molar-refractivity contribution < 1.29 is 4.79 Å². The van der Waals surface area contributed by atoms with Gasteiger partial charge in [-0.2, -0.15) is 0 Å². The molecule has 0 aromatic heterocycles. The van der Waals surface area contributed by atoms with Gasteiger partial charge in [0, 0.05) is 18.5 Å². The molecule has 1 fully saturated rings. The molecule has 1 aliphatic carbocycles. The zero-order chi connectivity index (χ0) is 15.1. The second-order valence-electron chi connectivity index (χ2n) is 5.90.